The van der Waals surface area contributed by atoms with Gasteiger partial charge in [0.1, 0.15) is 11.0 Å². The van der Waals surface area contributed by atoms with Crippen LogP contribution in [0.5, 0.6) is 0 Å². The van der Waals surface area contributed by atoms with E-state index in [2.05, 4.69) is 20.8 Å². The zero-order valence-corrected chi connectivity index (χ0v) is 17.0. The molecule has 0 aliphatic rings. The van der Waals surface area contributed by atoms with Crippen molar-refractivity contribution in [3.8, 4) is 0 Å². The Morgan fingerprint density at radius 1 is 1.07 bits per heavy atom. The monoisotopic (exact) mass is 396 g/mol. The van der Waals surface area contributed by atoms with Gasteiger partial charge in [0.2, 0.25) is 16.9 Å². The van der Waals surface area contributed by atoms with E-state index < -0.39 is 6.04 Å². The Morgan fingerprint density at radius 2 is 1.82 bits per heavy atom. The summed E-state index contributed by atoms with van der Waals surface area (Å²) in [6, 6.07) is 13.2. The van der Waals surface area contributed by atoms with Gasteiger partial charge in [0.15, 0.2) is 0 Å². The molecule has 1 aromatic heterocycles. The maximum absolute atomic E-state index is 12.7. The summed E-state index contributed by atoms with van der Waals surface area (Å²) in [5, 5.41) is 17.1. The molecule has 0 fully saturated rings. The minimum absolute atomic E-state index is 0.0602. The van der Waals surface area contributed by atoms with E-state index in [9.17, 15) is 9.59 Å². The maximum atomic E-state index is 12.7. The van der Waals surface area contributed by atoms with E-state index in [1.165, 1.54) is 11.3 Å². The molecule has 6 nitrogen and oxygen atoms in total. The van der Waals surface area contributed by atoms with Gasteiger partial charge in [0, 0.05) is 0 Å². The first-order valence-electron chi connectivity index (χ1n) is 9.37. The second-order valence-electron chi connectivity index (χ2n) is 6.95. The van der Waals surface area contributed by atoms with Gasteiger partial charge in [0.05, 0.1) is 6.42 Å². The molecule has 0 radical (unpaired) electrons. The van der Waals surface area contributed by atoms with Crippen LogP contribution in [0.4, 0.5) is 5.13 Å². The van der Waals surface area contributed by atoms with E-state index in [4.69, 9.17) is 0 Å². The summed E-state index contributed by atoms with van der Waals surface area (Å²) in [5.41, 5.74) is 0.940. The molecular weight excluding hydrogens is 372 g/mol. The summed E-state index contributed by atoms with van der Waals surface area (Å²) in [7, 11) is 0. The van der Waals surface area contributed by atoms with Crippen molar-refractivity contribution in [3.05, 3.63) is 53.0 Å². The van der Waals surface area contributed by atoms with Crippen LogP contribution in [0.3, 0.4) is 0 Å². The van der Waals surface area contributed by atoms with Gasteiger partial charge in [-0.05, 0) is 28.7 Å². The van der Waals surface area contributed by atoms with Gasteiger partial charge in [0.25, 0.3) is 0 Å². The molecule has 7 heteroatoms. The van der Waals surface area contributed by atoms with Gasteiger partial charge >= 0.3 is 0 Å². The highest BCUT2D eigenvalue weighted by molar-refractivity contribution is 7.15. The van der Waals surface area contributed by atoms with Gasteiger partial charge in [-0.15, -0.1) is 10.2 Å². The number of nitrogens with zero attached hydrogens (tertiary/aromatic N) is 2. The number of aryl methyl sites for hydroxylation is 1. The molecule has 146 valence electrons. The third kappa shape index (κ3) is 4.72. The molecule has 0 aliphatic heterocycles. The number of nitrogens with one attached hydrogen (secondary N) is 2. The molecule has 2 N–H and O–H groups in total. The third-order valence-corrected chi connectivity index (χ3v) is 5.48. The number of amides is 2. The number of hydrogen-bond acceptors (Lipinski definition) is 5. The molecule has 3 aromatic rings. The van der Waals surface area contributed by atoms with Crippen LogP contribution >= 0.6 is 11.3 Å². The number of rotatable bonds is 7. The third-order valence-electron chi connectivity index (χ3n) is 4.50. The lowest BCUT2D eigenvalue weighted by atomic mass is 10.0. The first-order chi connectivity index (χ1) is 13.5. The summed E-state index contributed by atoms with van der Waals surface area (Å²) >= 11 is 1.35. The van der Waals surface area contributed by atoms with Crippen molar-refractivity contribution in [2.24, 2.45) is 5.92 Å². The molecule has 0 saturated heterocycles. The Labute approximate surface area is 168 Å². The predicted octanol–water partition coefficient (Wildman–Crippen LogP) is 3.58. The molecular formula is C21H24N4O2S. The van der Waals surface area contributed by atoms with Crippen LogP contribution in [-0.4, -0.2) is 28.1 Å². The SMILES string of the molecule is CCc1nnc(NC(=O)C(NC(=O)Cc2cccc3ccccc23)C(C)C)s1. The average molecular weight is 397 g/mol. The standard InChI is InChI=1S/C21H24N4O2S/c1-4-18-24-25-21(28-18)23-20(27)19(13(2)3)22-17(26)12-15-10-7-9-14-8-5-6-11-16(14)15/h5-11,13,19H,4,12H2,1-3H3,(H,22,26)(H,23,25,27). The summed E-state index contributed by atoms with van der Waals surface area (Å²) in [5.74, 6) is -0.521. The van der Waals surface area contributed by atoms with Crippen LogP contribution in [0, 0.1) is 5.92 Å². The molecule has 1 atom stereocenters. The van der Waals surface area contributed by atoms with Crippen LogP contribution in [-0.2, 0) is 22.4 Å². The van der Waals surface area contributed by atoms with E-state index in [-0.39, 0.29) is 24.2 Å². The smallest absolute Gasteiger partial charge is 0.249 e. The molecule has 0 bridgehead atoms. The minimum Gasteiger partial charge on any atom is -0.344 e. The quantitative estimate of drug-likeness (QED) is 0.639. The van der Waals surface area contributed by atoms with Gasteiger partial charge in [-0.3, -0.25) is 14.9 Å². The molecule has 2 amide bonds. The van der Waals surface area contributed by atoms with Crippen LogP contribution in [0.15, 0.2) is 42.5 Å². The van der Waals surface area contributed by atoms with Gasteiger partial charge in [-0.2, -0.15) is 0 Å². The largest absolute Gasteiger partial charge is 0.344 e. The first kappa shape index (κ1) is 19.9. The molecule has 0 spiro atoms. The van der Waals surface area contributed by atoms with Gasteiger partial charge < -0.3 is 5.32 Å². The zero-order chi connectivity index (χ0) is 20.1. The fourth-order valence-electron chi connectivity index (χ4n) is 3.01. The second-order valence-corrected chi connectivity index (χ2v) is 8.01. The molecule has 0 saturated carbocycles. The molecule has 3 rings (SSSR count). The number of anilines is 1. The molecule has 28 heavy (non-hydrogen) atoms. The minimum atomic E-state index is -0.642. The lowest BCUT2D eigenvalue weighted by molar-refractivity contribution is -0.127. The molecule has 1 heterocycles. The molecule has 1 unspecified atom stereocenters. The lowest BCUT2D eigenvalue weighted by Crippen LogP contribution is -2.47. The predicted molar refractivity (Wildman–Crippen MR) is 112 cm³/mol. The molecule has 2 aromatic carbocycles. The second kappa shape index (κ2) is 8.93. The van der Waals surface area contributed by atoms with Crippen molar-refractivity contribution in [2.45, 2.75) is 39.7 Å². The van der Waals surface area contributed by atoms with Crippen molar-refractivity contribution >= 4 is 39.1 Å². The van der Waals surface area contributed by atoms with Crippen molar-refractivity contribution in [3.63, 3.8) is 0 Å². The number of benzene rings is 2. The lowest BCUT2D eigenvalue weighted by Gasteiger charge is -2.21. The number of hydrogen-bond donors (Lipinski definition) is 2. The van der Waals surface area contributed by atoms with E-state index in [1.807, 2.05) is 63.2 Å². The van der Waals surface area contributed by atoms with Crippen LogP contribution in [0.2, 0.25) is 0 Å². The zero-order valence-electron chi connectivity index (χ0n) is 16.2. The van der Waals surface area contributed by atoms with E-state index >= 15 is 0 Å². The summed E-state index contributed by atoms with van der Waals surface area (Å²) in [6.45, 7) is 5.79. The number of carbonyl (C=O) groups excluding carboxylic acids is 2. The van der Waals surface area contributed by atoms with Gasteiger partial charge in [-0.1, -0.05) is 74.6 Å². The normalized spacial score (nSPS) is 12.1. The van der Waals surface area contributed by atoms with Crippen molar-refractivity contribution < 1.29 is 9.59 Å². The highest BCUT2D eigenvalue weighted by atomic mass is 32.1. The van der Waals surface area contributed by atoms with Crippen LogP contribution in [0.1, 0.15) is 31.3 Å². The fraction of sp³-hybridized carbons (Fsp3) is 0.333. The first-order valence-corrected chi connectivity index (χ1v) is 10.2. The number of fused-ring (bicyclic) bond motifs is 1. The highest BCUT2D eigenvalue weighted by Gasteiger charge is 2.25. The highest BCUT2D eigenvalue weighted by Crippen LogP contribution is 2.19. The average Bonchev–Trinajstić information content (AvgIpc) is 3.13. The van der Waals surface area contributed by atoms with Gasteiger partial charge in [-0.25, -0.2) is 0 Å². The maximum Gasteiger partial charge on any atom is 0.249 e. The topological polar surface area (TPSA) is 84.0 Å². The fourth-order valence-corrected chi connectivity index (χ4v) is 3.69. The Bertz CT molecular complexity index is 978. The summed E-state index contributed by atoms with van der Waals surface area (Å²) in [4.78, 5) is 25.3. The summed E-state index contributed by atoms with van der Waals surface area (Å²) < 4.78 is 0. The number of aromatic nitrogens is 2. The van der Waals surface area contributed by atoms with E-state index in [0.29, 0.717) is 5.13 Å². The van der Waals surface area contributed by atoms with Crippen molar-refractivity contribution in [1.29, 1.82) is 0 Å². The Balaban J connectivity index is 1.69. The Hall–Kier alpha value is -2.80. The summed E-state index contributed by atoms with van der Waals surface area (Å²) in [6.07, 6.45) is 0.986. The molecule has 0 aliphatic carbocycles. The Kier molecular flexibility index (Phi) is 6.36. The van der Waals surface area contributed by atoms with Crippen LogP contribution in [0.25, 0.3) is 10.8 Å². The van der Waals surface area contributed by atoms with Crippen molar-refractivity contribution in [1.82, 2.24) is 15.5 Å². The number of carbonyl (C=O) groups is 2. The van der Waals surface area contributed by atoms with Crippen molar-refractivity contribution in [2.75, 3.05) is 5.32 Å². The van der Waals surface area contributed by atoms with E-state index in [0.717, 1.165) is 27.8 Å². The van der Waals surface area contributed by atoms with Crippen LogP contribution < -0.4 is 10.6 Å². The Morgan fingerprint density at radius 3 is 2.54 bits per heavy atom. The van der Waals surface area contributed by atoms with E-state index in [1.54, 1.807) is 0 Å².